The van der Waals surface area contributed by atoms with Gasteiger partial charge in [-0.1, -0.05) is 44.5 Å². The van der Waals surface area contributed by atoms with Gasteiger partial charge in [-0.3, -0.25) is 4.79 Å². The molecule has 0 aliphatic carbocycles. The molecule has 0 heterocycles. The lowest BCUT2D eigenvalue weighted by molar-refractivity contribution is 0.0523. The van der Waals surface area contributed by atoms with Crippen LogP contribution >= 0.6 is 0 Å². The molecule has 0 aliphatic heterocycles. The molecule has 0 aliphatic rings. The van der Waals surface area contributed by atoms with Gasteiger partial charge in [0.15, 0.2) is 5.78 Å². The summed E-state index contributed by atoms with van der Waals surface area (Å²) in [6, 6.07) is 6.63. The van der Waals surface area contributed by atoms with Gasteiger partial charge in [-0.25, -0.2) is 4.79 Å². The monoisotopic (exact) mass is 412 g/mol. The minimum Gasteiger partial charge on any atom is -0.462 e. The summed E-state index contributed by atoms with van der Waals surface area (Å²) >= 11 is 0. The van der Waals surface area contributed by atoms with Crippen LogP contribution in [-0.4, -0.2) is 36.3 Å². The molecular weight excluding hydrogens is 380 g/mol. The second kappa shape index (κ2) is 14.0. The molecule has 0 aromatic heterocycles. The van der Waals surface area contributed by atoms with Crippen molar-refractivity contribution < 1.29 is 14.3 Å². The molecule has 0 atom stereocenters. The molecule has 6 nitrogen and oxygen atoms in total. The number of rotatable bonds is 13. The summed E-state index contributed by atoms with van der Waals surface area (Å²) in [7, 11) is 0. The number of ether oxygens (including phenoxy) is 1. The maximum atomic E-state index is 13.0. The molecule has 0 fully saturated rings. The van der Waals surface area contributed by atoms with Gasteiger partial charge in [-0.15, -0.1) is 4.91 Å². The highest BCUT2D eigenvalue weighted by molar-refractivity contribution is 6.14. The Labute approximate surface area is 179 Å². The van der Waals surface area contributed by atoms with E-state index < -0.39 is 5.97 Å². The summed E-state index contributed by atoms with van der Waals surface area (Å²) in [5, 5.41) is 2.82. The van der Waals surface area contributed by atoms with Crippen molar-refractivity contribution in [2.45, 2.75) is 47.0 Å². The van der Waals surface area contributed by atoms with E-state index in [9.17, 15) is 14.5 Å². The summed E-state index contributed by atoms with van der Waals surface area (Å²) in [6.07, 6.45) is 9.42. The lowest BCUT2D eigenvalue weighted by Gasteiger charge is -2.25. The topological polar surface area (TPSA) is 76.0 Å². The van der Waals surface area contributed by atoms with Crippen LogP contribution in [0.15, 0.2) is 65.1 Å². The van der Waals surface area contributed by atoms with Gasteiger partial charge in [0.2, 0.25) is 0 Å². The SMILES string of the molecule is CCCCN(CCC)C(/C=C/N=O)=C/C=C(\C)C(=O)c1ccccc1C(=O)OCC. The van der Waals surface area contributed by atoms with E-state index in [1.807, 2.05) is 6.08 Å². The average molecular weight is 413 g/mol. The number of ketones is 1. The first kappa shape index (κ1) is 25.0. The highest BCUT2D eigenvalue weighted by atomic mass is 16.5. The van der Waals surface area contributed by atoms with Gasteiger partial charge < -0.3 is 9.64 Å². The van der Waals surface area contributed by atoms with Crippen LogP contribution in [0, 0.1) is 4.91 Å². The molecule has 1 aromatic rings. The number of carbonyl (C=O) groups is 2. The number of hydrogen-bond acceptors (Lipinski definition) is 6. The first-order valence-corrected chi connectivity index (χ1v) is 10.4. The Morgan fingerprint density at radius 1 is 1.03 bits per heavy atom. The second-order valence-electron chi connectivity index (χ2n) is 6.80. The lowest BCUT2D eigenvalue weighted by Crippen LogP contribution is -2.24. The van der Waals surface area contributed by atoms with Crippen molar-refractivity contribution >= 4 is 11.8 Å². The molecule has 30 heavy (non-hydrogen) atoms. The number of Topliss-reactive ketones (excluding diaryl/α,β-unsaturated/α-hetero) is 1. The highest BCUT2D eigenvalue weighted by Crippen LogP contribution is 2.17. The van der Waals surface area contributed by atoms with Crippen molar-refractivity contribution in [1.82, 2.24) is 4.90 Å². The Kier molecular flexibility index (Phi) is 11.7. The quantitative estimate of drug-likeness (QED) is 0.137. The van der Waals surface area contributed by atoms with Crippen LogP contribution in [-0.2, 0) is 4.74 Å². The van der Waals surface area contributed by atoms with Crippen LogP contribution in [0.4, 0.5) is 0 Å². The third-order valence-corrected chi connectivity index (χ3v) is 4.48. The zero-order valence-electron chi connectivity index (χ0n) is 18.4. The first-order chi connectivity index (χ1) is 14.5. The lowest BCUT2D eigenvalue weighted by atomic mass is 9.98. The predicted molar refractivity (Wildman–Crippen MR) is 120 cm³/mol. The Bertz CT molecular complexity index is 809. The predicted octanol–water partition coefficient (Wildman–Crippen LogP) is 5.67. The van der Waals surface area contributed by atoms with Crippen LogP contribution in [0.25, 0.3) is 0 Å². The van der Waals surface area contributed by atoms with Crippen molar-refractivity contribution in [3.8, 4) is 0 Å². The zero-order valence-corrected chi connectivity index (χ0v) is 18.4. The highest BCUT2D eigenvalue weighted by Gasteiger charge is 2.18. The van der Waals surface area contributed by atoms with E-state index in [-0.39, 0.29) is 18.0 Å². The molecule has 0 saturated heterocycles. The third-order valence-electron chi connectivity index (χ3n) is 4.48. The van der Waals surface area contributed by atoms with Gasteiger partial charge in [0.25, 0.3) is 0 Å². The molecule has 0 radical (unpaired) electrons. The number of benzene rings is 1. The number of hydrogen-bond donors (Lipinski definition) is 0. The minimum absolute atomic E-state index is 0.240. The molecule has 6 heteroatoms. The van der Waals surface area contributed by atoms with Crippen molar-refractivity contribution in [1.29, 1.82) is 0 Å². The van der Waals surface area contributed by atoms with Gasteiger partial charge in [0.1, 0.15) is 0 Å². The summed E-state index contributed by atoms with van der Waals surface area (Å²) in [5.41, 5.74) is 1.85. The molecule has 0 N–H and O–H groups in total. The average Bonchev–Trinajstić information content (AvgIpc) is 2.76. The summed E-state index contributed by atoms with van der Waals surface area (Å²) in [4.78, 5) is 37.9. The Hall–Kier alpha value is -3.02. The van der Waals surface area contributed by atoms with E-state index >= 15 is 0 Å². The minimum atomic E-state index is -0.515. The van der Waals surface area contributed by atoms with Gasteiger partial charge in [0, 0.05) is 24.4 Å². The standard InChI is InChI=1S/C24H32N2O4/c1-5-8-18-26(17-6-2)20(15-16-25-29)14-13-19(4)23(27)21-11-9-10-12-22(21)24(28)30-7-3/h9-16H,5-8,17-18H2,1-4H3/b16-15+,19-13+,20-14+. The second-order valence-corrected chi connectivity index (χ2v) is 6.80. The maximum absolute atomic E-state index is 13.0. The van der Waals surface area contributed by atoms with E-state index in [1.54, 1.807) is 50.3 Å². The molecule has 1 rings (SSSR count). The van der Waals surface area contributed by atoms with Crippen molar-refractivity contribution in [3.63, 3.8) is 0 Å². The van der Waals surface area contributed by atoms with Crippen molar-refractivity contribution in [2.24, 2.45) is 5.18 Å². The molecule has 0 unspecified atom stereocenters. The Morgan fingerprint density at radius 3 is 2.33 bits per heavy atom. The van der Waals surface area contributed by atoms with Gasteiger partial charge in [0.05, 0.1) is 18.4 Å². The molecule has 162 valence electrons. The molecule has 0 bridgehead atoms. The van der Waals surface area contributed by atoms with E-state index in [4.69, 9.17) is 4.74 Å². The molecular formula is C24H32N2O4. The zero-order chi connectivity index (χ0) is 22.4. The van der Waals surface area contributed by atoms with Crippen LogP contribution in [0.1, 0.15) is 67.7 Å². The van der Waals surface area contributed by atoms with Gasteiger partial charge in [-0.05, 0) is 55.7 Å². The van der Waals surface area contributed by atoms with E-state index in [0.29, 0.717) is 11.1 Å². The van der Waals surface area contributed by atoms with E-state index in [0.717, 1.165) is 38.0 Å². The molecule has 0 saturated carbocycles. The number of allylic oxidation sites excluding steroid dienone is 4. The number of nitrogens with zero attached hydrogens (tertiary/aromatic N) is 2. The maximum Gasteiger partial charge on any atom is 0.338 e. The summed E-state index contributed by atoms with van der Waals surface area (Å²) in [6.45, 7) is 9.57. The van der Waals surface area contributed by atoms with E-state index in [2.05, 4.69) is 23.9 Å². The van der Waals surface area contributed by atoms with Crippen molar-refractivity contribution in [3.05, 3.63) is 76.0 Å². The fraction of sp³-hybridized carbons (Fsp3) is 0.417. The summed E-state index contributed by atoms with van der Waals surface area (Å²) in [5.74, 6) is -0.762. The Balaban J connectivity index is 3.23. The van der Waals surface area contributed by atoms with E-state index in [1.165, 1.54) is 6.20 Å². The Morgan fingerprint density at radius 2 is 1.73 bits per heavy atom. The first-order valence-electron chi connectivity index (χ1n) is 10.4. The number of nitroso groups, excluding NO2 is 1. The third kappa shape index (κ3) is 7.78. The normalized spacial score (nSPS) is 12.1. The van der Waals surface area contributed by atoms with Crippen LogP contribution in [0.5, 0.6) is 0 Å². The fourth-order valence-corrected chi connectivity index (χ4v) is 2.93. The number of esters is 1. The van der Waals surface area contributed by atoms with Gasteiger partial charge >= 0.3 is 5.97 Å². The number of carbonyl (C=O) groups excluding carboxylic acids is 2. The van der Waals surface area contributed by atoms with Crippen LogP contribution in [0.2, 0.25) is 0 Å². The van der Waals surface area contributed by atoms with Gasteiger partial charge in [-0.2, -0.15) is 0 Å². The smallest absolute Gasteiger partial charge is 0.338 e. The van der Waals surface area contributed by atoms with Crippen LogP contribution < -0.4 is 0 Å². The molecule has 0 amide bonds. The molecule has 0 spiro atoms. The largest absolute Gasteiger partial charge is 0.462 e. The number of unbranched alkanes of at least 4 members (excludes halogenated alkanes) is 1. The van der Waals surface area contributed by atoms with Crippen molar-refractivity contribution in [2.75, 3.05) is 19.7 Å². The molecule has 1 aromatic carbocycles. The fourth-order valence-electron chi connectivity index (χ4n) is 2.93. The summed E-state index contributed by atoms with van der Waals surface area (Å²) < 4.78 is 5.06. The van der Waals surface area contributed by atoms with Crippen LogP contribution in [0.3, 0.4) is 0 Å².